The summed E-state index contributed by atoms with van der Waals surface area (Å²) in [5.74, 6) is -0.249. The third-order valence-corrected chi connectivity index (χ3v) is 6.21. The van der Waals surface area contributed by atoms with Crippen LogP contribution in [0.25, 0.3) is 0 Å². The van der Waals surface area contributed by atoms with Crippen LogP contribution in [0.4, 0.5) is 0 Å². The molecule has 1 atom stereocenters. The van der Waals surface area contributed by atoms with Gasteiger partial charge in [0, 0.05) is 6.54 Å². The standard InChI is InChI=1S/C16H20INO3S/c1-13-7-9-15(10-8-13)22(20,21)18(16(19)11-17)12-14-5-3-2-4-6-14/h3,5,7-10,14H,2,4,6,11-12H2,1H3. The smallest absolute Gasteiger partial charge is 0.266 e. The van der Waals surface area contributed by atoms with Gasteiger partial charge in [0.2, 0.25) is 5.91 Å². The second-order valence-electron chi connectivity index (χ2n) is 5.50. The molecule has 2 rings (SSSR count). The van der Waals surface area contributed by atoms with Gasteiger partial charge in [0.25, 0.3) is 10.0 Å². The molecule has 1 aliphatic carbocycles. The van der Waals surface area contributed by atoms with Crippen molar-refractivity contribution in [3.05, 3.63) is 42.0 Å². The average molecular weight is 433 g/mol. The molecule has 0 fully saturated rings. The molecule has 0 bridgehead atoms. The van der Waals surface area contributed by atoms with Gasteiger partial charge in [0.05, 0.1) is 9.32 Å². The van der Waals surface area contributed by atoms with E-state index in [1.807, 2.05) is 35.6 Å². The summed E-state index contributed by atoms with van der Waals surface area (Å²) in [4.78, 5) is 12.4. The van der Waals surface area contributed by atoms with Gasteiger partial charge < -0.3 is 0 Å². The van der Waals surface area contributed by atoms with Crippen molar-refractivity contribution in [3.8, 4) is 0 Å². The molecule has 0 heterocycles. The van der Waals surface area contributed by atoms with Crippen molar-refractivity contribution in [3.63, 3.8) is 0 Å². The largest absolute Gasteiger partial charge is 0.273 e. The van der Waals surface area contributed by atoms with E-state index in [4.69, 9.17) is 0 Å². The Morgan fingerprint density at radius 2 is 2.00 bits per heavy atom. The molecule has 0 saturated carbocycles. The molecule has 1 unspecified atom stereocenters. The Bertz CT molecular complexity index is 652. The number of hydrogen-bond acceptors (Lipinski definition) is 3. The molecule has 6 heteroatoms. The minimum Gasteiger partial charge on any atom is -0.273 e. The van der Waals surface area contributed by atoms with Gasteiger partial charge in [-0.15, -0.1) is 0 Å². The van der Waals surface area contributed by atoms with Crippen LogP contribution in [0.15, 0.2) is 41.3 Å². The van der Waals surface area contributed by atoms with Crippen molar-refractivity contribution >= 4 is 38.5 Å². The normalized spacial score (nSPS) is 18.2. The highest BCUT2D eigenvalue weighted by Gasteiger charge is 2.30. The zero-order valence-corrected chi connectivity index (χ0v) is 15.5. The van der Waals surface area contributed by atoms with E-state index in [1.165, 1.54) is 0 Å². The zero-order chi connectivity index (χ0) is 16.2. The number of sulfonamides is 1. The number of allylic oxidation sites excluding steroid dienone is 1. The lowest BCUT2D eigenvalue weighted by Crippen LogP contribution is -2.40. The molecule has 4 nitrogen and oxygen atoms in total. The number of rotatable bonds is 5. The highest BCUT2D eigenvalue weighted by Crippen LogP contribution is 2.23. The molecule has 1 aliphatic rings. The van der Waals surface area contributed by atoms with E-state index in [9.17, 15) is 13.2 Å². The van der Waals surface area contributed by atoms with E-state index in [0.717, 1.165) is 29.1 Å². The van der Waals surface area contributed by atoms with Crippen LogP contribution in [0.1, 0.15) is 24.8 Å². The lowest BCUT2D eigenvalue weighted by molar-refractivity contribution is -0.123. The zero-order valence-electron chi connectivity index (χ0n) is 12.5. The first-order valence-corrected chi connectivity index (χ1v) is 10.3. The summed E-state index contributed by atoms with van der Waals surface area (Å²) in [5, 5.41) is 0. The Labute approximate surface area is 145 Å². The summed E-state index contributed by atoms with van der Waals surface area (Å²) in [5.41, 5.74) is 0.987. The summed E-state index contributed by atoms with van der Waals surface area (Å²) in [6.45, 7) is 2.13. The van der Waals surface area contributed by atoms with Gasteiger partial charge in [0.1, 0.15) is 0 Å². The lowest BCUT2D eigenvalue weighted by Gasteiger charge is -2.26. The monoisotopic (exact) mass is 433 g/mol. The molecule has 1 amide bonds. The maximum atomic E-state index is 12.8. The van der Waals surface area contributed by atoms with Crippen molar-refractivity contribution in [2.24, 2.45) is 5.92 Å². The van der Waals surface area contributed by atoms with Gasteiger partial charge in [0.15, 0.2) is 0 Å². The van der Waals surface area contributed by atoms with Gasteiger partial charge in [-0.3, -0.25) is 4.79 Å². The Kier molecular flexibility index (Phi) is 6.02. The Hall–Kier alpha value is -0.890. The van der Waals surface area contributed by atoms with Crippen LogP contribution in [-0.4, -0.2) is 29.6 Å². The van der Waals surface area contributed by atoms with Gasteiger partial charge in [-0.2, -0.15) is 0 Å². The number of carbonyl (C=O) groups is 1. The van der Waals surface area contributed by atoms with Crippen molar-refractivity contribution in [1.29, 1.82) is 0 Å². The quantitative estimate of drug-likeness (QED) is 0.407. The molecular formula is C16H20INO3S. The van der Waals surface area contributed by atoms with Crippen molar-refractivity contribution in [2.45, 2.75) is 31.1 Å². The lowest BCUT2D eigenvalue weighted by atomic mass is 9.96. The Balaban J connectivity index is 2.30. The van der Waals surface area contributed by atoms with Crippen LogP contribution in [-0.2, 0) is 14.8 Å². The Morgan fingerprint density at radius 3 is 2.55 bits per heavy atom. The van der Waals surface area contributed by atoms with E-state index in [2.05, 4.69) is 6.08 Å². The minimum absolute atomic E-state index is 0.112. The number of hydrogen-bond donors (Lipinski definition) is 0. The van der Waals surface area contributed by atoms with E-state index in [1.54, 1.807) is 24.3 Å². The van der Waals surface area contributed by atoms with E-state index >= 15 is 0 Å². The molecule has 22 heavy (non-hydrogen) atoms. The van der Waals surface area contributed by atoms with Crippen LogP contribution in [0, 0.1) is 12.8 Å². The predicted octanol–water partition coefficient (Wildman–Crippen LogP) is 3.30. The first kappa shape index (κ1) is 17.5. The number of nitrogens with zero attached hydrogens (tertiary/aromatic N) is 1. The molecule has 120 valence electrons. The molecule has 0 saturated heterocycles. The molecule has 0 radical (unpaired) electrons. The molecular weight excluding hydrogens is 413 g/mol. The molecule has 1 aromatic carbocycles. The molecule has 0 spiro atoms. The summed E-state index contributed by atoms with van der Waals surface area (Å²) in [7, 11) is -3.78. The number of alkyl halides is 1. The van der Waals surface area contributed by atoms with E-state index in [-0.39, 0.29) is 27.7 Å². The minimum atomic E-state index is -3.78. The maximum Gasteiger partial charge on any atom is 0.266 e. The van der Waals surface area contributed by atoms with E-state index in [0.29, 0.717) is 0 Å². The number of carbonyl (C=O) groups excluding carboxylic acids is 1. The number of aryl methyl sites for hydroxylation is 1. The van der Waals surface area contributed by atoms with Gasteiger partial charge >= 0.3 is 0 Å². The van der Waals surface area contributed by atoms with Crippen LogP contribution < -0.4 is 0 Å². The molecule has 0 aromatic heterocycles. The SMILES string of the molecule is Cc1ccc(S(=O)(=O)N(CC2C=CCCC2)C(=O)CI)cc1. The van der Waals surface area contributed by atoms with Gasteiger partial charge in [-0.25, -0.2) is 12.7 Å². The van der Waals surface area contributed by atoms with Crippen molar-refractivity contribution < 1.29 is 13.2 Å². The van der Waals surface area contributed by atoms with Crippen LogP contribution >= 0.6 is 22.6 Å². The topological polar surface area (TPSA) is 54.5 Å². The van der Waals surface area contributed by atoms with Crippen LogP contribution in [0.3, 0.4) is 0 Å². The summed E-state index contributed by atoms with van der Waals surface area (Å²) < 4.78 is 26.8. The van der Waals surface area contributed by atoms with Crippen LogP contribution in [0.2, 0.25) is 0 Å². The molecule has 1 aromatic rings. The fourth-order valence-corrected chi connectivity index (χ4v) is 4.58. The Morgan fingerprint density at radius 1 is 1.32 bits per heavy atom. The van der Waals surface area contributed by atoms with Crippen LogP contribution in [0.5, 0.6) is 0 Å². The fourth-order valence-electron chi connectivity index (χ4n) is 2.49. The third-order valence-electron chi connectivity index (χ3n) is 3.76. The summed E-state index contributed by atoms with van der Waals surface area (Å²) >= 11 is 1.91. The van der Waals surface area contributed by atoms with Gasteiger partial charge in [-0.1, -0.05) is 52.4 Å². The number of amides is 1. The predicted molar refractivity (Wildman–Crippen MR) is 95.4 cm³/mol. The summed E-state index contributed by atoms with van der Waals surface area (Å²) in [6, 6.07) is 6.63. The second-order valence-corrected chi connectivity index (χ2v) is 8.12. The highest BCUT2D eigenvalue weighted by molar-refractivity contribution is 14.1. The van der Waals surface area contributed by atoms with Crippen molar-refractivity contribution in [2.75, 3.05) is 11.0 Å². The van der Waals surface area contributed by atoms with Crippen molar-refractivity contribution in [1.82, 2.24) is 4.31 Å². The first-order chi connectivity index (χ1) is 10.4. The van der Waals surface area contributed by atoms with E-state index < -0.39 is 10.0 Å². The summed E-state index contributed by atoms with van der Waals surface area (Å²) in [6.07, 6.45) is 7.09. The third kappa shape index (κ3) is 4.10. The second kappa shape index (κ2) is 7.59. The maximum absolute atomic E-state index is 12.8. The van der Waals surface area contributed by atoms with Gasteiger partial charge in [-0.05, 0) is 44.2 Å². The fraction of sp³-hybridized carbons (Fsp3) is 0.438. The molecule has 0 aliphatic heterocycles. The first-order valence-electron chi connectivity index (χ1n) is 7.30. The number of benzene rings is 1. The number of halogens is 1. The highest BCUT2D eigenvalue weighted by atomic mass is 127. The molecule has 0 N–H and O–H groups in total. The average Bonchev–Trinajstić information content (AvgIpc) is 2.53.